The molecule has 10 nitrogen and oxygen atoms in total. The average Bonchev–Trinajstić information content (AvgIpc) is 1.79. The average molecular weight is 291 g/mol. The van der Waals surface area contributed by atoms with Crippen LogP contribution in [-0.2, 0) is 0 Å². The summed E-state index contributed by atoms with van der Waals surface area (Å²) in [6, 6.07) is 0. The first kappa shape index (κ1) is 25.1. The van der Waals surface area contributed by atoms with Gasteiger partial charge in [0.05, 0.1) is 20.6 Å². The Morgan fingerprint density at radius 3 is 0.812 bits per heavy atom. The van der Waals surface area contributed by atoms with Crippen molar-refractivity contribution in [2.24, 2.45) is 0 Å². The number of halogens is 2. The fourth-order valence-corrected chi connectivity index (χ4v) is 0. The summed E-state index contributed by atoms with van der Waals surface area (Å²) in [4.78, 5) is 1.50. The van der Waals surface area contributed by atoms with Crippen molar-refractivity contribution in [3.05, 3.63) is 0 Å². The third-order valence-electron chi connectivity index (χ3n) is 0.707. The number of hydrogen-bond acceptors (Lipinski definition) is 8. The smallest absolute Gasteiger partial charge is 0.0738 e. The molecule has 0 aliphatic heterocycles. The summed E-state index contributed by atoms with van der Waals surface area (Å²) in [5.41, 5.74) is 0. The molecular weight excluding hydrogens is 275 g/mol. The summed E-state index contributed by atoms with van der Waals surface area (Å²) >= 11 is 0. The number of rotatable bonds is 1. The molecule has 12 heteroatoms. The normalized spacial score (nSPS) is 10.5. The minimum Gasteiger partial charge on any atom is -0.369 e. The predicted octanol–water partition coefficient (Wildman–Crippen LogP) is -9.99. The number of hydrogen-bond donors (Lipinski definition) is 2. The first-order valence-electron chi connectivity index (χ1n) is 3.30. The maximum Gasteiger partial charge on any atom is 0.0738 e. The minimum absolute atomic E-state index is 0. The van der Waals surface area contributed by atoms with E-state index in [-0.39, 0.29) is 6.15 Å². The molecule has 0 saturated carbocycles. The molecule has 0 bridgehead atoms. The van der Waals surface area contributed by atoms with Gasteiger partial charge in [-0.1, -0.05) is 0 Å². The highest BCUT2D eigenvalue weighted by atomic mass is 35.7. The zero-order valence-corrected chi connectivity index (χ0v) is 10.7. The zero-order valence-electron chi connectivity index (χ0n) is 9.23. The van der Waals surface area contributed by atoms with Crippen LogP contribution in [0.3, 0.4) is 0 Å². The predicted molar refractivity (Wildman–Crippen MR) is 29.3 cm³/mol. The van der Waals surface area contributed by atoms with Crippen LogP contribution < -0.4 is 48.3 Å². The van der Waals surface area contributed by atoms with Crippen LogP contribution in [0, 0.1) is 20.5 Å². The van der Waals surface area contributed by atoms with Crippen molar-refractivity contribution >= 4 is 0 Å². The summed E-state index contributed by atoms with van der Waals surface area (Å²) in [5.74, 6) is 0. The Morgan fingerprint density at radius 1 is 0.750 bits per heavy atom. The molecule has 16 heavy (non-hydrogen) atoms. The molecule has 0 aliphatic rings. The molecule has 0 atom stereocenters. The fourth-order valence-electron chi connectivity index (χ4n) is 0. The van der Waals surface area contributed by atoms with E-state index in [9.17, 15) is 0 Å². The third-order valence-corrected chi connectivity index (χ3v) is 0.707. The van der Waals surface area contributed by atoms with Crippen LogP contribution in [0.2, 0.25) is 0 Å². The fraction of sp³-hybridized carbons (Fsp3) is 1.00. The quantitative estimate of drug-likeness (QED) is 0.470. The third kappa shape index (κ3) is 518. The van der Waals surface area contributed by atoms with E-state index in [1.807, 2.05) is 0 Å². The Hall–Kier alpha value is 0.180. The van der Waals surface area contributed by atoms with Crippen molar-refractivity contribution in [2.45, 2.75) is 6.92 Å². The lowest BCUT2D eigenvalue weighted by Gasteiger charge is -2.17. The van der Waals surface area contributed by atoms with Crippen molar-refractivity contribution in [3.8, 4) is 0 Å². The van der Waals surface area contributed by atoms with Gasteiger partial charge < -0.3 is 11.1 Å². The van der Waals surface area contributed by atoms with Gasteiger partial charge in [-0.15, -0.1) is 20.5 Å². The molecule has 0 heterocycles. The largest absolute Gasteiger partial charge is 0.369 e. The molecule has 0 spiro atoms. The van der Waals surface area contributed by atoms with Crippen LogP contribution >= 0.6 is 0 Å². The second kappa shape index (κ2) is 11.7. The lowest BCUT2D eigenvalue weighted by Crippen LogP contribution is -3.05. The van der Waals surface area contributed by atoms with Gasteiger partial charge in [0.1, 0.15) is 0 Å². The number of nitrogens with one attached hydrogen (secondary N) is 1. The van der Waals surface area contributed by atoms with Gasteiger partial charge in [-0.2, -0.15) is 0 Å². The maximum atomic E-state index is 8.49. The van der Waals surface area contributed by atoms with Crippen LogP contribution in [0.5, 0.6) is 0 Å². The van der Waals surface area contributed by atoms with Gasteiger partial charge in [-0.05, 0) is 6.92 Å². The summed E-state index contributed by atoms with van der Waals surface area (Å²) in [6.45, 7) is 3.38. The van der Waals surface area contributed by atoms with Gasteiger partial charge >= 0.3 is 0 Å². The van der Waals surface area contributed by atoms with E-state index in [0.29, 0.717) is 0 Å². The zero-order chi connectivity index (χ0) is 13.3. The first-order chi connectivity index (χ1) is 6.27. The van der Waals surface area contributed by atoms with E-state index in [0.717, 1.165) is 0 Å². The molecule has 104 valence electrons. The highest BCUT2D eigenvalue weighted by Gasteiger charge is 1.84. The van der Waals surface area contributed by atoms with Crippen LogP contribution in [0.4, 0.5) is 0 Å². The van der Waals surface area contributed by atoms with E-state index < -0.39 is 20.5 Å². The number of quaternary nitrogens is 2. The minimum atomic E-state index is -4.94. The molecule has 0 radical (unpaired) electrons. The Bertz CT molecular complexity index is 111. The molecule has 0 aromatic heterocycles. The topological polar surface area (TPSA) is 225 Å². The lowest BCUT2D eigenvalue weighted by molar-refractivity contribution is -2.00. The van der Waals surface area contributed by atoms with Crippen LogP contribution in [0.15, 0.2) is 0 Å². The van der Waals surface area contributed by atoms with Crippen molar-refractivity contribution < 1.29 is 62.7 Å². The summed E-state index contributed by atoms with van der Waals surface area (Å²) in [5, 5.41) is 0. The molecule has 0 saturated heterocycles. The highest BCUT2D eigenvalue weighted by Crippen LogP contribution is 1.50. The van der Waals surface area contributed by atoms with E-state index in [1.165, 1.54) is 11.4 Å². The van der Waals surface area contributed by atoms with Crippen LogP contribution in [-0.4, -0.2) is 20.6 Å². The molecule has 0 rings (SSSR count). The molecule has 0 fully saturated rings. The van der Waals surface area contributed by atoms with E-state index in [1.54, 1.807) is 0 Å². The second-order valence-electron chi connectivity index (χ2n) is 2.32. The van der Waals surface area contributed by atoms with Crippen molar-refractivity contribution in [1.29, 1.82) is 0 Å². The van der Waals surface area contributed by atoms with Gasteiger partial charge in [0.25, 0.3) is 0 Å². The van der Waals surface area contributed by atoms with Gasteiger partial charge in [-0.3, -0.25) is 0 Å². The van der Waals surface area contributed by atoms with E-state index in [4.69, 9.17) is 37.3 Å². The highest BCUT2D eigenvalue weighted by molar-refractivity contribution is 3.92. The van der Waals surface area contributed by atoms with E-state index >= 15 is 0 Å². The van der Waals surface area contributed by atoms with Gasteiger partial charge in [0.2, 0.25) is 0 Å². The Kier molecular flexibility index (Phi) is 18.3. The van der Waals surface area contributed by atoms with Crippen LogP contribution in [0.1, 0.15) is 6.92 Å². The van der Waals surface area contributed by atoms with E-state index in [2.05, 4.69) is 21.0 Å². The monoisotopic (exact) mass is 290 g/mol. The lowest BCUT2D eigenvalue weighted by atomic mass is 10.7. The SMILES string of the molecule is CC[NH+](C)C.[NH4+].[O-][Cl+3]([O-])([O-])[O-].[O-][Cl+3]([O-])([O-])[O-]. The Labute approximate surface area is 97.0 Å². The molecule has 5 N–H and O–H groups in total. The maximum absolute atomic E-state index is 8.49. The Morgan fingerprint density at radius 2 is 0.812 bits per heavy atom. The summed E-state index contributed by atoms with van der Waals surface area (Å²) in [6.07, 6.45) is 0. The van der Waals surface area contributed by atoms with Crippen LogP contribution in [0.25, 0.3) is 0 Å². The summed E-state index contributed by atoms with van der Waals surface area (Å²) < 4.78 is 67.9. The second-order valence-corrected chi connectivity index (χ2v) is 3.83. The van der Waals surface area contributed by atoms with Crippen molar-refractivity contribution in [2.75, 3.05) is 20.6 Å². The van der Waals surface area contributed by atoms with Crippen molar-refractivity contribution in [3.63, 3.8) is 0 Å². The molecule has 0 aliphatic carbocycles. The van der Waals surface area contributed by atoms with Gasteiger partial charge in [-0.25, -0.2) is 37.3 Å². The molecular formula is C4H16Cl2N2O8. The first-order valence-corrected chi connectivity index (χ1v) is 5.76. The van der Waals surface area contributed by atoms with Gasteiger partial charge in [0, 0.05) is 0 Å². The van der Waals surface area contributed by atoms with Gasteiger partial charge in [0.15, 0.2) is 0 Å². The molecule has 0 aromatic carbocycles. The molecule has 0 unspecified atom stereocenters. The standard InChI is InChI=1S/C4H11N.2ClHO4.H3N/c1-4-5(2)3;2*2-1(3,4)5;/h4H2,1-3H3;2*(H,2,3,4,5);1H3. The summed E-state index contributed by atoms with van der Waals surface area (Å²) in [7, 11) is -5.61. The van der Waals surface area contributed by atoms with Crippen molar-refractivity contribution in [1.82, 2.24) is 6.15 Å². The Balaban J connectivity index is -0.0000000655. The molecule has 0 aromatic rings. The molecule has 0 amide bonds.